The van der Waals surface area contributed by atoms with E-state index in [0.717, 1.165) is 36.6 Å². The van der Waals surface area contributed by atoms with Crippen LogP contribution >= 0.6 is 11.3 Å². The molecule has 0 radical (unpaired) electrons. The topological polar surface area (TPSA) is 67.4 Å². The first-order valence-corrected chi connectivity index (χ1v) is 9.54. The first kappa shape index (κ1) is 16.5. The second-order valence-corrected chi connectivity index (χ2v) is 7.87. The molecular formula is C18H22N4O2S. The van der Waals surface area contributed by atoms with Gasteiger partial charge in [-0.25, -0.2) is 9.97 Å². The van der Waals surface area contributed by atoms with E-state index in [2.05, 4.69) is 15.3 Å². The maximum Gasteiger partial charge on any atom is 0.273 e. The van der Waals surface area contributed by atoms with Crippen molar-refractivity contribution in [1.82, 2.24) is 14.9 Å². The molecule has 4 rings (SSSR count). The lowest BCUT2D eigenvalue weighted by Gasteiger charge is -2.38. The fourth-order valence-electron chi connectivity index (χ4n) is 3.73. The molecule has 2 atom stereocenters. The van der Waals surface area contributed by atoms with Gasteiger partial charge in [0.15, 0.2) is 0 Å². The molecule has 7 heteroatoms. The van der Waals surface area contributed by atoms with Crippen molar-refractivity contribution in [3.63, 3.8) is 0 Å². The summed E-state index contributed by atoms with van der Waals surface area (Å²) in [5.41, 5.74) is 0.310. The summed E-state index contributed by atoms with van der Waals surface area (Å²) in [4.78, 5) is 23.2. The number of rotatable bonds is 3. The van der Waals surface area contributed by atoms with E-state index in [4.69, 9.17) is 4.74 Å². The number of hydrogen-bond acceptors (Lipinski definition) is 6. The van der Waals surface area contributed by atoms with Crippen LogP contribution in [0, 0.1) is 6.92 Å². The molecule has 132 valence electrons. The number of thiazole rings is 1. The zero-order chi connectivity index (χ0) is 17.3. The van der Waals surface area contributed by atoms with Crippen LogP contribution in [0.1, 0.15) is 34.8 Å². The fraction of sp³-hybridized carbons (Fsp3) is 0.500. The molecule has 0 aromatic carbocycles. The second kappa shape index (κ2) is 6.72. The molecule has 6 nitrogen and oxygen atoms in total. The zero-order valence-corrected chi connectivity index (χ0v) is 15.1. The van der Waals surface area contributed by atoms with Crippen LogP contribution in [0.15, 0.2) is 29.8 Å². The Kier molecular flexibility index (Phi) is 4.43. The second-order valence-electron chi connectivity index (χ2n) is 6.81. The smallest absolute Gasteiger partial charge is 0.273 e. The summed E-state index contributed by atoms with van der Waals surface area (Å²) in [5, 5.41) is 6.27. The molecule has 25 heavy (non-hydrogen) atoms. The van der Waals surface area contributed by atoms with E-state index in [1.807, 2.05) is 35.4 Å². The average Bonchev–Trinajstić information content (AvgIpc) is 3.22. The molecule has 2 aromatic rings. The van der Waals surface area contributed by atoms with Crippen LogP contribution in [0.25, 0.3) is 0 Å². The molecule has 1 N–H and O–H groups in total. The van der Waals surface area contributed by atoms with Crippen molar-refractivity contribution < 1.29 is 9.53 Å². The maximum atomic E-state index is 12.6. The van der Waals surface area contributed by atoms with Gasteiger partial charge in [0, 0.05) is 30.8 Å². The van der Waals surface area contributed by atoms with Crippen LogP contribution in [0.5, 0.6) is 0 Å². The molecule has 2 aliphatic heterocycles. The van der Waals surface area contributed by atoms with Gasteiger partial charge in [-0.15, -0.1) is 11.3 Å². The lowest BCUT2D eigenvalue weighted by molar-refractivity contribution is -0.0720. The van der Waals surface area contributed by atoms with Crippen molar-refractivity contribution in [1.29, 1.82) is 0 Å². The van der Waals surface area contributed by atoms with Crippen LogP contribution in [0.4, 0.5) is 5.82 Å². The molecule has 2 aromatic heterocycles. The Bertz CT molecular complexity index is 751. The lowest BCUT2D eigenvalue weighted by atomic mass is 9.89. The summed E-state index contributed by atoms with van der Waals surface area (Å²) >= 11 is 1.51. The first-order valence-electron chi connectivity index (χ1n) is 8.67. The predicted molar refractivity (Wildman–Crippen MR) is 96.9 cm³/mol. The first-order chi connectivity index (χ1) is 12.1. The molecule has 2 saturated heterocycles. The minimum absolute atomic E-state index is 0.0182. The number of pyridine rings is 1. The predicted octanol–water partition coefficient (Wildman–Crippen LogP) is 2.72. The molecule has 0 bridgehead atoms. The summed E-state index contributed by atoms with van der Waals surface area (Å²) in [6.45, 7) is 4.00. The average molecular weight is 358 g/mol. The van der Waals surface area contributed by atoms with Crippen molar-refractivity contribution in [2.24, 2.45) is 0 Å². The Morgan fingerprint density at radius 1 is 1.48 bits per heavy atom. The third-order valence-electron chi connectivity index (χ3n) is 4.95. The largest absolute Gasteiger partial charge is 0.373 e. The van der Waals surface area contributed by atoms with Gasteiger partial charge in [-0.1, -0.05) is 6.07 Å². The number of ether oxygens (including phenoxy) is 1. The molecule has 1 spiro atoms. The van der Waals surface area contributed by atoms with Crippen molar-refractivity contribution >= 4 is 23.1 Å². The normalized spacial score (nSPS) is 26.1. The summed E-state index contributed by atoms with van der Waals surface area (Å²) in [7, 11) is 0. The van der Waals surface area contributed by atoms with E-state index in [1.165, 1.54) is 11.3 Å². The van der Waals surface area contributed by atoms with Gasteiger partial charge >= 0.3 is 0 Å². The molecular weight excluding hydrogens is 336 g/mol. The Morgan fingerprint density at radius 2 is 2.40 bits per heavy atom. The number of hydrogen-bond donors (Lipinski definition) is 1. The van der Waals surface area contributed by atoms with Crippen LogP contribution < -0.4 is 5.32 Å². The highest BCUT2D eigenvalue weighted by Crippen LogP contribution is 2.35. The highest BCUT2D eigenvalue weighted by atomic mass is 32.1. The molecule has 0 unspecified atom stereocenters. The number of carbonyl (C=O) groups is 1. The number of amides is 1. The summed E-state index contributed by atoms with van der Waals surface area (Å²) in [6, 6.07) is 6.20. The van der Waals surface area contributed by atoms with Gasteiger partial charge in [0.05, 0.1) is 17.2 Å². The summed E-state index contributed by atoms with van der Waals surface area (Å²) in [6.07, 6.45) is 4.52. The van der Waals surface area contributed by atoms with Crippen LogP contribution in [0.3, 0.4) is 0 Å². The van der Waals surface area contributed by atoms with E-state index in [9.17, 15) is 4.79 Å². The van der Waals surface area contributed by atoms with E-state index in [0.29, 0.717) is 24.9 Å². The van der Waals surface area contributed by atoms with E-state index in [1.54, 1.807) is 6.20 Å². The fourth-order valence-corrected chi connectivity index (χ4v) is 4.32. The third kappa shape index (κ3) is 3.52. The molecule has 1 amide bonds. The Hall–Kier alpha value is -1.99. The van der Waals surface area contributed by atoms with Crippen molar-refractivity contribution in [2.75, 3.05) is 25.0 Å². The van der Waals surface area contributed by atoms with Gasteiger partial charge in [-0.3, -0.25) is 4.79 Å². The van der Waals surface area contributed by atoms with E-state index >= 15 is 0 Å². The summed E-state index contributed by atoms with van der Waals surface area (Å²) < 4.78 is 6.14. The Labute approximate surface area is 151 Å². The number of anilines is 1. The van der Waals surface area contributed by atoms with Gasteiger partial charge in [0.2, 0.25) is 0 Å². The van der Waals surface area contributed by atoms with Crippen molar-refractivity contribution in [3.8, 4) is 0 Å². The Morgan fingerprint density at radius 3 is 3.16 bits per heavy atom. The highest BCUT2D eigenvalue weighted by Gasteiger charge is 2.45. The Balaban J connectivity index is 1.41. The van der Waals surface area contributed by atoms with Crippen LogP contribution in [0.2, 0.25) is 0 Å². The molecule has 0 saturated carbocycles. The number of likely N-dealkylation sites (tertiary alicyclic amines) is 1. The number of nitrogens with zero attached hydrogens (tertiary/aromatic N) is 3. The minimum atomic E-state index is -0.245. The SMILES string of the molecule is Cc1nc(C(=O)N2CC[C@@]3(C[C@H](Nc4ccccn4)CCO3)C2)cs1. The molecule has 2 aliphatic rings. The molecule has 4 heterocycles. The third-order valence-corrected chi connectivity index (χ3v) is 5.73. The molecule has 2 fully saturated rings. The van der Waals surface area contributed by atoms with Crippen molar-refractivity contribution in [3.05, 3.63) is 40.5 Å². The van der Waals surface area contributed by atoms with Crippen molar-refractivity contribution in [2.45, 2.75) is 37.8 Å². The van der Waals surface area contributed by atoms with Gasteiger partial charge in [-0.05, 0) is 38.3 Å². The zero-order valence-electron chi connectivity index (χ0n) is 14.3. The monoisotopic (exact) mass is 358 g/mol. The highest BCUT2D eigenvalue weighted by molar-refractivity contribution is 7.09. The number of aryl methyl sites for hydroxylation is 1. The quantitative estimate of drug-likeness (QED) is 0.914. The van der Waals surface area contributed by atoms with Gasteiger partial charge in [0.25, 0.3) is 5.91 Å². The van der Waals surface area contributed by atoms with Gasteiger partial charge in [-0.2, -0.15) is 0 Å². The van der Waals surface area contributed by atoms with Crippen LogP contribution in [-0.2, 0) is 4.74 Å². The van der Waals surface area contributed by atoms with Gasteiger partial charge < -0.3 is 15.0 Å². The number of aromatic nitrogens is 2. The molecule has 0 aliphatic carbocycles. The van der Waals surface area contributed by atoms with Gasteiger partial charge in [0.1, 0.15) is 11.5 Å². The van der Waals surface area contributed by atoms with Crippen LogP contribution in [-0.4, -0.2) is 52.1 Å². The summed E-state index contributed by atoms with van der Waals surface area (Å²) in [5.74, 6) is 0.915. The minimum Gasteiger partial charge on any atom is -0.373 e. The van der Waals surface area contributed by atoms with E-state index < -0.39 is 0 Å². The lowest BCUT2D eigenvalue weighted by Crippen LogP contribution is -2.47. The number of carbonyl (C=O) groups excluding carboxylic acids is 1. The maximum absolute atomic E-state index is 12.6. The number of nitrogens with one attached hydrogen (secondary N) is 1. The standard InChI is InChI=1S/C18H22N4O2S/c1-13-20-15(11-25-13)17(23)22-8-6-18(12-22)10-14(5-9-24-18)21-16-4-2-3-7-19-16/h2-4,7,11,14H,5-6,8-10,12H2,1H3,(H,19,21)/t14-,18-/m1/s1. The van der Waals surface area contributed by atoms with E-state index in [-0.39, 0.29) is 11.5 Å².